The molecule has 0 saturated heterocycles. The van der Waals surface area contributed by atoms with Crippen LogP contribution in [0.1, 0.15) is 18.4 Å². The average molecular weight is 301 g/mol. The fraction of sp³-hybridized carbons (Fsp3) is 0.500. The highest BCUT2D eigenvalue weighted by atomic mass is 19.4. The van der Waals surface area contributed by atoms with Crippen molar-refractivity contribution in [1.82, 2.24) is 4.90 Å². The number of benzene rings is 1. The van der Waals surface area contributed by atoms with Crippen LogP contribution in [0.4, 0.5) is 13.2 Å². The molecule has 1 aromatic rings. The lowest BCUT2D eigenvalue weighted by atomic mass is 10.2. The number of amidine groups is 1. The van der Waals surface area contributed by atoms with Crippen LogP contribution in [0.25, 0.3) is 0 Å². The molecular weight excluding hydrogens is 283 g/mol. The molecule has 4 nitrogen and oxygen atoms in total. The van der Waals surface area contributed by atoms with Crippen molar-refractivity contribution in [2.75, 3.05) is 19.7 Å². The number of nitrogens with one attached hydrogen (secondary N) is 1. The summed E-state index contributed by atoms with van der Waals surface area (Å²) in [6.07, 6.45) is -2.53. The highest BCUT2D eigenvalue weighted by Gasteiger charge is 2.37. The maximum Gasteiger partial charge on any atom is 0.401 e. The highest BCUT2D eigenvalue weighted by Crippen LogP contribution is 2.29. The van der Waals surface area contributed by atoms with E-state index in [4.69, 9.17) is 15.9 Å². The van der Waals surface area contributed by atoms with Crippen LogP contribution in [0.2, 0.25) is 0 Å². The third-order valence-corrected chi connectivity index (χ3v) is 3.26. The van der Waals surface area contributed by atoms with Crippen LogP contribution < -0.4 is 10.5 Å². The first kappa shape index (κ1) is 15.6. The van der Waals surface area contributed by atoms with Crippen molar-refractivity contribution in [3.8, 4) is 5.75 Å². The van der Waals surface area contributed by atoms with Crippen LogP contribution in [0, 0.1) is 5.41 Å². The van der Waals surface area contributed by atoms with Gasteiger partial charge in [-0.1, -0.05) is 0 Å². The molecule has 7 heteroatoms. The van der Waals surface area contributed by atoms with Gasteiger partial charge in [-0.15, -0.1) is 0 Å². The van der Waals surface area contributed by atoms with Gasteiger partial charge >= 0.3 is 6.18 Å². The summed E-state index contributed by atoms with van der Waals surface area (Å²) in [5, 5.41) is 7.26. The van der Waals surface area contributed by atoms with Crippen LogP contribution in [0.5, 0.6) is 5.75 Å². The number of hydrogen-bond donors (Lipinski definition) is 2. The van der Waals surface area contributed by atoms with Gasteiger partial charge in [0, 0.05) is 18.2 Å². The Morgan fingerprint density at radius 2 is 1.90 bits per heavy atom. The smallest absolute Gasteiger partial charge is 0.401 e. The zero-order valence-corrected chi connectivity index (χ0v) is 11.5. The Kier molecular flexibility index (Phi) is 4.72. The summed E-state index contributed by atoms with van der Waals surface area (Å²) >= 11 is 0. The van der Waals surface area contributed by atoms with Gasteiger partial charge in [0.2, 0.25) is 0 Å². The van der Waals surface area contributed by atoms with Gasteiger partial charge in [0.1, 0.15) is 18.2 Å². The largest absolute Gasteiger partial charge is 0.492 e. The first-order chi connectivity index (χ1) is 9.85. The Bertz CT molecular complexity index is 483. The van der Waals surface area contributed by atoms with E-state index in [1.54, 1.807) is 24.3 Å². The van der Waals surface area contributed by atoms with Crippen molar-refractivity contribution in [1.29, 1.82) is 5.41 Å². The van der Waals surface area contributed by atoms with E-state index in [-0.39, 0.29) is 25.0 Å². The molecular formula is C14H18F3N3O. The third kappa shape index (κ3) is 5.26. The third-order valence-electron chi connectivity index (χ3n) is 3.26. The van der Waals surface area contributed by atoms with Crippen molar-refractivity contribution in [3.05, 3.63) is 29.8 Å². The van der Waals surface area contributed by atoms with Crippen LogP contribution in [0.15, 0.2) is 24.3 Å². The Hall–Kier alpha value is -1.76. The average Bonchev–Trinajstić information content (AvgIpc) is 3.21. The normalized spacial score (nSPS) is 15.2. The molecule has 0 aliphatic heterocycles. The molecule has 1 fully saturated rings. The van der Waals surface area contributed by atoms with Crippen molar-refractivity contribution in [3.63, 3.8) is 0 Å². The Morgan fingerprint density at radius 1 is 1.29 bits per heavy atom. The van der Waals surface area contributed by atoms with E-state index < -0.39 is 12.7 Å². The number of hydrogen-bond acceptors (Lipinski definition) is 3. The monoisotopic (exact) mass is 301 g/mol. The fourth-order valence-electron chi connectivity index (χ4n) is 2.07. The SMILES string of the molecule is N=C(N)c1ccc(OCCN(CC(F)(F)F)C2CC2)cc1. The summed E-state index contributed by atoms with van der Waals surface area (Å²) in [4.78, 5) is 1.42. The lowest BCUT2D eigenvalue weighted by Crippen LogP contribution is -2.38. The van der Waals surface area contributed by atoms with Gasteiger partial charge in [-0.2, -0.15) is 13.2 Å². The Labute approximate surface area is 121 Å². The highest BCUT2D eigenvalue weighted by molar-refractivity contribution is 5.94. The summed E-state index contributed by atoms with van der Waals surface area (Å²) in [5.74, 6) is 0.523. The molecule has 116 valence electrons. The molecule has 0 atom stereocenters. The second-order valence-corrected chi connectivity index (χ2v) is 5.10. The maximum atomic E-state index is 12.4. The van der Waals surface area contributed by atoms with Crippen LogP contribution in [0.3, 0.4) is 0 Å². The van der Waals surface area contributed by atoms with Gasteiger partial charge in [-0.3, -0.25) is 10.3 Å². The predicted molar refractivity (Wildman–Crippen MR) is 73.6 cm³/mol. The molecule has 1 aromatic carbocycles. The van der Waals surface area contributed by atoms with Gasteiger partial charge in [0.05, 0.1) is 6.54 Å². The summed E-state index contributed by atoms with van der Waals surface area (Å²) in [6.45, 7) is -0.436. The molecule has 0 heterocycles. The Balaban J connectivity index is 1.80. The van der Waals surface area contributed by atoms with Crippen LogP contribution >= 0.6 is 0 Å². The van der Waals surface area contributed by atoms with E-state index in [1.165, 1.54) is 4.90 Å². The van der Waals surface area contributed by atoms with Crippen molar-refractivity contribution in [2.24, 2.45) is 5.73 Å². The number of nitrogens with zero attached hydrogens (tertiary/aromatic N) is 1. The number of halogens is 3. The predicted octanol–water partition coefficient (Wildman–Crippen LogP) is 2.38. The van der Waals surface area contributed by atoms with E-state index in [1.807, 2.05) is 0 Å². The molecule has 1 aliphatic carbocycles. The Morgan fingerprint density at radius 3 is 2.38 bits per heavy atom. The molecule has 0 aromatic heterocycles. The first-order valence-corrected chi connectivity index (χ1v) is 6.73. The second kappa shape index (κ2) is 6.34. The van der Waals surface area contributed by atoms with E-state index in [0.717, 1.165) is 12.8 Å². The number of nitrogens with two attached hydrogens (primary N) is 1. The minimum atomic E-state index is -4.17. The molecule has 0 spiro atoms. The summed E-state index contributed by atoms with van der Waals surface area (Å²) in [7, 11) is 0. The molecule has 21 heavy (non-hydrogen) atoms. The zero-order valence-electron chi connectivity index (χ0n) is 11.5. The maximum absolute atomic E-state index is 12.4. The quantitative estimate of drug-likeness (QED) is 0.600. The minimum absolute atomic E-state index is 0.0355. The number of nitrogen functional groups attached to an aromatic ring is 1. The van der Waals surface area contributed by atoms with Gasteiger partial charge in [-0.25, -0.2) is 0 Å². The second-order valence-electron chi connectivity index (χ2n) is 5.10. The fourth-order valence-corrected chi connectivity index (χ4v) is 2.07. The van der Waals surface area contributed by atoms with Crippen LogP contribution in [-0.4, -0.2) is 42.7 Å². The van der Waals surface area contributed by atoms with Gasteiger partial charge in [-0.05, 0) is 37.1 Å². The molecule has 0 amide bonds. The van der Waals surface area contributed by atoms with Crippen LogP contribution in [-0.2, 0) is 0 Å². The summed E-state index contributed by atoms with van der Waals surface area (Å²) in [6, 6.07) is 6.64. The molecule has 1 aliphatic rings. The molecule has 0 unspecified atom stereocenters. The lowest BCUT2D eigenvalue weighted by molar-refractivity contribution is -0.147. The molecule has 0 radical (unpaired) electrons. The number of alkyl halides is 3. The van der Waals surface area contributed by atoms with E-state index in [0.29, 0.717) is 11.3 Å². The number of rotatable bonds is 7. The van der Waals surface area contributed by atoms with Gasteiger partial charge in [0.25, 0.3) is 0 Å². The van der Waals surface area contributed by atoms with Crippen molar-refractivity contribution >= 4 is 5.84 Å². The molecule has 2 rings (SSSR count). The standard InChI is InChI=1S/C14H18F3N3O/c15-14(16,17)9-20(11-3-4-11)7-8-21-12-5-1-10(2-6-12)13(18)19/h1-2,5-6,11H,3-4,7-9H2,(H3,18,19). The number of ether oxygens (including phenoxy) is 1. The first-order valence-electron chi connectivity index (χ1n) is 6.73. The van der Waals surface area contributed by atoms with E-state index >= 15 is 0 Å². The molecule has 0 bridgehead atoms. The van der Waals surface area contributed by atoms with Crippen molar-refractivity contribution in [2.45, 2.75) is 25.1 Å². The topological polar surface area (TPSA) is 62.3 Å². The van der Waals surface area contributed by atoms with Gasteiger partial charge in [0.15, 0.2) is 0 Å². The summed E-state index contributed by atoms with van der Waals surface area (Å²) < 4.78 is 42.8. The minimum Gasteiger partial charge on any atom is -0.492 e. The van der Waals surface area contributed by atoms with E-state index in [9.17, 15) is 13.2 Å². The molecule has 1 saturated carbocycles. The summed E-state index contributed by atoms with van der Waals surface area (Å²) in [5.41, 5.74) is 5.91. The molecule has 3 N–H and O–H groups in total. The zero-order chi connectivity index (χ0) is 15.5. The van der Waals surface area contributed by atoms with Crippen molar-refractivity contribution < 1.29 is 17.9 Å². The van der Waals surface area contributed by atoms with E-state index in [2.05, 4.69) is 0 Å². The van der Waals surface area contributed by atoms with Gasteiger partial charge < -0.3 is 10.5 Å². The lowest BCUT2D eigenvalue weighted by Gasteiger charge is -2.23.